The average Bonchev–Trinajstić information content (AvgIpc) is 3.87. The summed E-state index contributed by atoms with van der Waals surface area (Å²) in [5.41, 5.74) is 5.85. The Morgan fingerprint density at radius 3 is 2.60 bits per heavy atom. The van der Waals surface area contributed by atoms with Crippen molar-refractivity contribution in [3.63, 3.8) is 0 Å². The second kappa shape index (κ2) is 14.3. The van der Waals surface area contributed by atoms with Crippen molar-refractivity contribution in [1.29, 1.82) is 0 Å². The molecule has 2 aromatic heterocycles. The zero-order chi connectivity index (χ0) is 32.9. The molecule has 244 valence electrons. The summed E-state index contributed by atoms with van der Waals surface area (Å²) in [5.74, 6) is 2.12. The lowest BCUT2D eigenvalue weighted by Gasteiger charge is -2.22. The van der Waals surface area contributed by atoms with Crippen LogP contribution in [-0.2, 0) is 20.9 Å². The number of fused-ring (bicyclic) bond motifs is 3. The van der Waals surface area contributed by atoms with Crippen LogP contribution < -0.4 is 10.6 Å². The summed E-state index contributed by atoms with van der Waals surface area (Å²) < 4.78 is 4.59. The number of hydrogen-bond donors (Lipinski definition) is 4. The molecule has 47 heavy (non-hydrogen) atoms. The molecule has 6 rings (SSSR count). The Bertz CT molecular complexity index is 1900. The summed E-state index contributed by atoms with van der Waals surface area (Å²) in [6.45, 7) is 3.93. The minimum Gasteiger partial charge on any atom is -0.453 e. The highest BCUT2D eigenvalue weighted by Gasteiger charge is 2.33. The number of amides is 3. The van der Waals surface area contributed by atoms with E-state index in [9.17, 15) is 14.4 Å². The minimum atomic E-state index is -0.635. The molecular formula is C34H38N8O4S. The van der Waals surface area contributed by atoms with E-state index in [1.807, 2.05) is 17.2 Å². The van der Waals surface area contributed by atoms with E-state index >= 15 is 0 Å². The number of hydrogen-bond acceptors (Lipinski definition) is 8. The van der Waals surface area contributed by atoms with Crippen LogP contribution in [0.4, 0.5) is 4.79 Å². The molecule has 0 bridgehead atoms. The summed E-state index contributed by atoms with van der Waals surface area (Å²) in [4.78, 5) is 56.6. The molecule has 1 fully saturated rings. The number of carbonyl (C=O) groups excluding carboxylic acids is 3. The lowest BCUT2D eigenvalue weighted by Crippen LogP contribution is -2.39. The Morgan fingerprint density at radius 2 is 1.83 bits per heavy atom. The molecule has 0 aliphatic carbocycles. The fraction of sp³-hybridized carbons (Fsp3) is 0.324. The van der Waals surface area contributed by atoms with Gasteiger partial charge in [-0.05, 0) is 47.7 Å². The van der Waals surface area contributed by atoms with E-state index in [-0.39, 0.29) is 23.7 Å². The number of carbonyl (C=O) groups is 3. The number of imidazole rings is 2. The van der Waals surface area contributed by atoms with E-state index in [4.69, 9.17) is 4.98 Å². The molecule has 3 aromatic carbocycles. The lowest BCUT2D eigenvalue weighted by atomic mass is 9.99. The van der Waals surface area contributed by atoms with E-state index in [1.165, 1.54) is 7.11 Å². The minimum absolute atomic E-state index is 0.0540. The number of methoxy groups -OCH3 is 1. The van der Waals surface area contributed by atoms with Gasteiger partial charge < -0.3 is 35.1 Å². The number of benzene rings is 3. The van der Waals surface area contributed by atoms with Crippen molar-refractivity contribution in [3.05, 3.63) is 72.4 Å². The maximum atomic E-state index is 12.8. The Labute approximate surface area is 276 Å². The van der Waals surface area contributed by atoms with Gasteiger partial charge in [0.2, 0.25) is 11.8 Å². The van der Waals surface area contributed by atoms with Crippen molar-refractivity contribution < 1.29 is 19.1 Å². The number of likely N-dealkylation sites (N-methyl/N-ethyl adjacent to an activating group) is 1. The molecule has 1 aliphatic rings. The SMILES string of the molecule is CCCN(Cc1ncc(-c2ccc(-c3ccc4c(ccc5[nH]c([C@H]6SCCN6C(=O)CNC(=O)OC)nc54)c3)cc2)[nH]1)C(=O)CNC. The first-order chi connectivity index (χ1) is 22.9. The number of aromatic amines is 2. The molecule has 0 radical (unpaired) electrons. The van der Waals surface area contributed by atoms with Crippen LogP contribution in [0, 0.1) is 0 Å². The molecule has 1 saturated heterocycles. The molecule has 3 heterocycles. The number of alkyl carbamates (subject to hydrolysis) is 1. The predicted octanol–water partition coefficient (Wildman–Crippen LogP) is 4.66. The number of aromatic nitrogens is 4. The van der Waals surface area contributed by atoms with Gasteiger partial charge in [-0.3, -0.25) is 9.59 Å². The molecule has 0 saturated carbocycles. The molecule has 4 N–H and O–H groups in total. The van der Waals surface area contributed by atoms with E-state index in [0.29, 0.717) is 32.0 Å². The molecule has 13 heteroatoms. The van der Waals surface area contributed by atoms with Gasteiger partial charge in [0.1, 0.15) is 23.6 Å². The van der Waals surface area contributed by atoms with Crippen LogP contribution in [0.3, 0.4) is 0 Å². The second-order valence-corrected chi connectivity index (χ2v) is 12.5. The number of rotatable bonds is 11. The highest BCUT2D eigenvalue weighted by Crippen LogP contribution is 2.38. The van der Waals surface area contributed by atoms with Gasteiger partial charge >= 0.3 is 6.09 Å². The van der Waals surface area contributed by atoms with E-state index in [2.05, 4.69) is 85.8 Å². The predicted molar refractivity (Wildman–Crippen MR) is 184 cm³/mol. The number of thioether (sulfide) groups is 1. The van der Waals surface area contributed by atoms with E-state index < -0.39 is 6.09 Å². The summed E-state index contributed by atoms with van der Waals surface area (Å²) in [6, 6.07) is 18.8. The quantitative estimate of drug-likeness (QED) is 0.161. The first kappa shape index (κ1) is 32.1. The number of nitrogens with zero attached hydrogens (tertiary/aromatic N) is 4. The third-order valence-electron chi connectivity index (χ3n) is 8.17. The van der Waals surface area contributed by atoms with Gasteiger partial charge in [-0.1, -0.05) is 49.4 Å². The molecule has 1 atom stereocenters. The van der Waals surface area contributed by atoms with Gasteiger partial charge in [0.25, 0.3) is 0 Å². The van der Waals surface area contributed by atoms with Gasteiger partial charge in [-0.2, -0.15) is 0 Å². The summed E-state index contributed by atoms with van der Waals surface area (Å²) in [7, 11) is 3.04. The topological polar surface area (TPSA) is 148 Å². The Balaban J connectivity index is 1.18. The van der Waals surface area contributed by atoms with Crippen LogP contribution in [0.1, 0.15) is 30.4 Å². The number of ether oxygens (including phenoxy) is 1. The maximum absolute atomic E-state index is 12.8. The molecule has 1 aliphatic heterocycles. The number of H-pyrrole nitrogens is 2. The second-order valence-electron chi connectivity index (χ2n) is 11.3. The van der Waals surface area contributed by atoms with Gasteiger partial charge in [0, 0.05) is 24.2 Å². The van der Waals surface area contributed by atoms with Crippen LogP contribution >= 0.6 is 11.8 Å². The van der Waals surface area contributed by atoms with E-state index in [1.54, 1.807) is 23.7 Å². The fourth-order valence-corrected chi connectivity index (χ4v) is 7.03. The third kappa shape index (κ3) is 6.96. The smallest absolute Gasteiger partial charge is 0.407 e. The summed E-state index contributed by atoms with van der Waals surface area (Å²) in [6.07, 6.45) is 2.06. The van der Waals surface area contributed by atoms with Crippen LogP contribution in [-0.4, -0.2) is 93.7 Å². The fourth-order valence-electron chi connectivity index (χ4n) is 5.83. The van der Waals surface area contributed by atoms with Crippen molar-refractivity contribution in [3.8, 4) is 22.4 Å². The first-order valence-corrected chi connectivity index (χ1v) is 16.7. The maximum Gasteiger partial charge on any atom is 0.407 e. The zero-order valence-corrected chi connectivity index (χ0v) is 27.4. The van der Waals surface area contributed by atoms with Crippen LogP contribution in [0.5, 0.6) is 0 Å². The molecule has 12 nitrogen and oxygen atoms in total. The summed E-state index contributed by atoms with van der Waals surface area (Å²) in [5, 5.41) is 7.23. The van der Waals surface area contributed by atoms with Crippen LogP contribution in [0.25, 0.3) is 44.2 Å². The largest absolute Gasteiger partial charge is 0.453 e. The van der Waals surface area contributed by atoms with Crippen molar-refractivity contribution in [1.82, 2.24) is 40.4 Å². The number of nitrogens with one attached hydrogen (secondary N) is 4. The van der Waals surface area contributed by atoms with Gasteiger partial charge in [0.15, 0.2) is 0 Å². The molecule has 0 spiro atoms. The van der Waals surface area contributed by atoms with Crippen molar-refractivity contribution >= 4 is 51.5 Å². The Kier molecular flexibility index (Phi) is 9.73. The average molecular weight is 655 g/mol. The molecule has 3 amide bonds. The highest BCUT2D eigenvalue weighted by molar-refractivity contribution is 7.99. The van der Waals surface area contributed by atoms with Crippen LogP contribution in [0.15, 0.2) is 60.8 Å². The first-order valence-electron chi connectivity index (χ1n) is 15.6. The monoisotopic (exact) mass is 654 g/mol. The van der Waals surface area contributed by atoms with Crippen LogP contribution in [0.2, 0.25) is 0 Å². The zero-order valence-electron chi connectivity index (χ0n) is 26.6. The Hall–Kier alpha value is -4.88. The molecule has 0 unspecified atom stereocenters. The van der Waals surface area contributed by atoms with Gasteiger partial charge in [-0.15, -0.1) is 11.8 Å². The van der Waals surface area contributed by atoms with Gasteiger partial charge in [-0.25, -0.2) is 14.8 Å². The standard InChI is InChI=1S/C34H38N8O4S/c1-4-13-41(29(43)18-35-2)20-28-36-17-27(38-28)22-7-5-21(6-8-22)23-9-11-25-24(16-23)10-12-26-31(25)40-32(39-26)33-42(14-15-47-33)30(44)19-37-34(45)46-3/h5-12,16-17,33,35H,4,13-15,18-20H2,1-3H3,(H,36,38)(H,37,45)(H,39,40)/t33-/m1/s1. The van der Waals surface area contributed by atoms with Crippen molar-refractivity contribution in [2.75, 3.05) is 46.1 Å². The highest BCUT2D eigenvalue weighted by atomic mass is 32.2. The molecule has 5 aromatic rings. The van der Waals surface area contributed by atoms with Crippen molar-refractivity contribution in [2.45, 2.75) is 25.3 Å². The van der Waals surface area contributed by atoms with Gasteiger partial charge in [0.05, 0.1) is 43.1 Å². The van der Waals surface area contributed by atoms with E-state index in [0.717, 1.165) is 62.2 Å². The normalized spacial score (nSPS) is 14.5. The third-order valence-corrected chi connectivity index (χ3v) is 9.39. The molecular weight excluding hydrogens is 616 g/mol. The Morgan fingerprint density at radius 1 is 1.04 bits per heavy atom. The summed E-state index contributed by atoms with van der Waals surface area (Å²) >= 11 is 1.64. The van der Waals surface area contributed by atoms with Crippen molar-refractivity contribution in [2.24, 2.45) is 0 Å². The lowest BCUT2D eigenvalue weighted by molar-refractivity contribution is -0.131.